The van der Waals surface area contributed by atoms with E-state index in [0.717, 1.165) is 18.0 Å². The number of halogens is 10. The summed E-state index contributed by atoms with van der Waals surface area (Å²) < 4.78 is 103. The van der Waals surface area contributed by atoms with Gasteiger partial charge in [-0.05, 0) is 18.2 Å². The molecule has 0 fully saturated rings. The standard InChI is InChI=1S/C18H8Cl3F7N4O3/c1-34-15(33)35-12-2-7(5-29-14(12)21)11-6-32(31-30-11)13-9(19)3-8(4-10(13)20)16(22,17(23,24)25)18(26,27)28/h2-6H,1H3. The summed E-state index contributed by atoms with van der Waals surface area (Å²) in [5.74, 6) is -0.218. The monoisotopic (exact) mass is 566 g/mol. The fourth-order valence-corrected chi connectivity index (χ4v) is 3.55. The second-order valence-electron chi connectivity index (χ2n) is 6.56. The minimum Gasteiger partial charge on any atom is -0.437 e. The minimum absolute atomic E-state index is 0.0190. The van der Waals surface area contributed by atoms with E-state index in [4.69, 9.17) is 39.5 Å². The first-order valence-corrected chi connectivity index (χ1v) is 9.90. The van der Waals surface area contributed by atoms with Crippen molar-refractivity contribution in [2.24, 2.45) is 0 Å². The van der Waals surface area contributed by atoms with E-state index in [-0.39, 0.29) is 34.3 Å². The Kier molecular flexibility index (Phi) is 7.12. The maximum absolute atomic E-state index is 14.4. The molecule has 3 aromatic rings. The summed E-state index contributed by atoms with van der Waals surface area (Å²) in [7, 11) is 1.05. The molecular weight excluding hydrogens is 560 g/mol. The molecular formula is C18H8Cl3F7N4O3. The summed E-state index contributed by atoms with van der Waals surface area (Å²) in [5, 5.41) is 5.65. The molecule has 1 aromatic carbocycles. The Bertz CT molecular complexity index is 1240. The van der Waals surface area contributed by atoms with Crippen LogP contribution in [-0.2, 0) is 10.4 Å². The van der Waals surface area contributed by atoms with E-state index in [1.54, 1.807) is 0 Å². The number of alkyl halides is 7. The summed E-state index contributed by atoms with van der Waals surface area (Å²) in [5.41, 5.74) is -7.81. The second-order valence-corrected chi connectivity index (χ2v) is 7.73. The van der Waals surface area contributed by atoms with E-state index < -0.39 is 45.5 Å². The van der Waals surface area contributed by atoms with Crippen LogP contribution in [0.1, 0.15) is 5.56 Å². The average Bonchev–Trinajstić information content (AvgIpc) is 3.22. The van der Waals surface area contributed by atoms with Gasteiger partial charge in [0.25, 0.3) is 0 Å². The molecule has 0 bridgehead atoms. The van der Waals surface area contributed by atoms with Crippen LogP contribution in [0.3, 0.4) is 0 Å². The van der Waals surface area contributed by atoms with E-state index in [0.29, 0.717) is 0 Å². The topological polar surface area (TPSA) is 79.1 Å². The summed E-state index contributed by atoms with van der Waals surface area (Å²) >= 11 is 17.6. The van der Waals surface area contributed by atoms with Crippen LogP contribution in [0, 0.1) is 0 Å². The lowest BCUT2D eigenvalue weighted by molar-refractivity contribution is -0.348. The van der Waals surface area contributed by atoms with Gasteiger partial charge in [-0.15, -0.1) is 5.10 Å². The number of ether oxygens (including phenoxy) is 2. The van der Waals surface area contributed by atoms with Gasteiger partial charge in [0.15, 0.2) is 10.9 Å². The van der Waals surface area contributed by atoms with Crippen LogP contribution in [-0.4, -0.2) is 45.6 Å². The van der Waals surface area contributed by atoms with Crippen LogP contribution in [0.4, 0.5) is 35.5 Å². The first kappa shape index (κ1) is 26.8. The normalized spacial score (nSPS) is 12.5. The number of carbonyl (C=O) groups is 1. The molecule has 0 saturated heterocycles. The number of rotatable bonds is 4. The quantitative estimate of drug-likeness (QED) is 0.198. The molecule has 0 radical (unpaired) electrons. The van der Waals surface area contributed by atoms with Gasteiger partial charge in [-0.3, -0.25) is 0 Å². The molecule has 0 saturated carbocycles. The number of aromatic nitrogens is 4. The maximum Gasteiger partial charge on any atom is 0.513 e. The predicted octanol–water partition coefficient (Wildman–Crippen LogP) is 6.72. The molecule has 0 unspecified atom stereocenters. The SMILES string of the molecule is COC(=O)Oc1cc(-c2cn(-c3c(Cl)cc(C(F)(C(F)(F)F)C(F)(F)F)cc3Cl)nn2)cnc1Cl. The van der Waals surface area contributed by atoms with Crippen LogP contribution in [0.2, 0.25) is 15.2 Å². The van der Waals surface area contributed by atoms with E-state index >= 15 is 0 Å². The highest BCUT2D eigenvalue weighted by Crippen LogP contribution is 2.54. The largest absolute Gasteiger partial charge is 0.513 e. The van der Waals surface area contributed by atoms with Gasteiger partial charge in [-0.1, -0.05) is 40.0 Å². The lowest BCUT2D eigenvalue weighted by Crippen LogP contribution is -2.50. The fraction of sp³-hybridized carbons (Fsp3) is 0.222. The predicted molar refractivity (Wildman–Crippen MR) is 108 cm³/mol. The van der Waals surface area contributed by atoms with Crippen molar-refractivity contribution in [1.29, 1.82) is 0 Å². The lowest BCUT2D eigenvalue weighted by Gasteiger charge is -2.30. The van der Waals surface area contributed by atoms with Gasteiger partial charge in [0, 0.05) is 17.3 Å². The Balaban J connectivity index is 2.05. The summed E-state index contributed by atoms with van der Waals surface area (Å²) in [6.07, 6.45) is -11.5. The van der Waals surface area contributed by atoms with Gasteiger partial charge in [0.2, 0.25) is 0 Å². The zero-order valence-corrected chi connectivity index (χ0v) is 18.9. The summed E-state index contributed by atoms with van der Waals surface area (Å²) in [4.78, 5) is 15.1. The molecule has 0 spiro atoms. The van der Waals surface area contributed by atoms with Crippen molar-refractivity contribution in [2.45, 2.75) is 18.0 Å². The Morgan fingerprint density at radius 1 is 0.971 bits per heavy atom. The third-order valence-corrected chi connectivity index (χ3v) is 5.24. The molecule has 0 amide bonds. The maximum atomic E-state index is 14.4. The molecule has 2 heterocycles. The fourth-order valence-electron chi connectivity index (χ4n) is 2.75. The van der Waals surface area contributed by atoms with Crippen molar-refractivity contribution < 1.29 is 45.0 Å². The first-order valence-electron chi connectivity index (χ1n) is 8.76. The number of methoxy groups -OCH3 is 1. The van der Waals surface area contributed by atoms with Gasteiger partial charge >= 0.3 is 24.2 Å². The molecule has 7 nitrogen and oxygen atoms in total. The number of pyridine rings is 1. The number of hydrogen-bond donors (Lipinski definition) is 0. The van der Waals surface area contributed by atoms with Gasteiger partial charge < -0.3 is 9.47 Å². The van der Waals surface area contributed by atoms with E-state index in [9.17, 15) is 35.5 Å². The van der Waals surface area contributed by atoms with Crippen molar-refractivity contribution in [3.63, 3.8) is 0 Å². The van der Waals surface area contributed by atoms with E-state index in [2.05, 4.69) is 20.0 Å². The number of carbonyl (C=O) groups excluding carboxylic acids is 1. The van der Waals surface area contributed by atoms with E-state index in [1.165, 1.54) is 12.3 Å². The third-order valence-electron chi connectivity index (χ3n) is 4.38. The zero-order valence-electron chi connectivity index (χ0n) is 16.7. The molecule has 0 N–H and O–H groups in total. The second kappa shape index (κ2) is 9.32. The van der Waals surface area contributed by atoms with Gasteiger partial charge in [-0.25, -0.2) is 18.9 Å². The third kappa shape index (κ3) is 4.95. The molecule has 0 atom stereocenters. The smallest absolute Gasteiger partial charge is 0.437 e. The molecule has 0 aliphatic carbocycles. The number of hydrogen-bond acceptors (Lipinski definition) is 6. The van der Waals surface area contributed by atoms with Crippen LogP contribution >= 0.6 is 34.8 Å². The number of nitrogens with zero attached hydrogens (tertiary/aromatic N) is 4. The van der Waals surface area contributed by atoms with Crippen LogP contribution in [0.15, 0.2) is 30.6 Å². The molecule has 188 valence electrons. The lowest BCUT2D eigenvalue weighted by atomic mass is 9.94. The Morgan fingerprint density at radius 3 is 2.06 bits per heavy atom. The summed E-state index contributed by atoms with van der Waals surface area (Å²) in [6, 6.07) is 1.49. The molecule has 3 rings (SSSR count). The van der Waals surface area contributed by atoms with Gasteiger partial charge in [-0.2, -0.15) is 26.3 Å². The van der Waals surface area contributed by atoms with Gasteiger partial charge in [0.05, 0.1) is 23.4 Å². The number of benzene rings is 1. The molecule has 2 aromatic heterocycles. The molecule has 35 heavy (non-hydrogen) atoms. The van der Waals surface area contributed by atoms with E-state index in [1.807, 2.05) is 0 Å². The van der Waals surface area contributed by atoms with Crippen molar-refractivity contribution in [1.82, 2.24) is 20.0 Å². The van der Waals surface area contributed by atoms with Crippen LogP contribution in [0.5, 0.6) is 5.75 Å². The minimum atomic E-state index is -6.36. The zero-order chi connectivity index (χ0) is 26.3. The molecule has 0 aliphatic heterocycles. The highest BCUT2D eigenvalue weighted by atomic mass is 35.5. The Labute approximate surface area is 205 Å². The van der Waals surface area contributed by atoms with Crippen LogP contribution < -0.4 is 4.74 Å². The molecule has 17 heteroatoms. The average molecular weight is 568 g/mol. The van der Waals surface area contributed by atoms with Crippen molar-refractivity contribution >= 4 is 41.0 Å². The Morgan fingerprint density at radius 2 is 1.54 bits per heavy atom. The highest BCUT2D eigenvalue weighted by molar-refractivity contribution is 6.37. The van der Waals surface area contributed by atoms with Crippen molar-refractivity contribution in [2.75, 3.05) is 7.11 Å². The molecule has 0 aliphatic rings. The Hall–Kier alpha value is -2.84. The van der Waals surface area contributed by atoms with Crippen molar-refractivity contribution in [3.8, 4) is 22.7 Å². The van der Waals surface area contributed by atoms with Gasteiger partial charge in [0.1, 0.15) is 11.4 Å². The summed E-state index contributed by atoms with van der Waals surface area (Å²) in [6.45, 7) is 0. The van der Waals surface area contributed by atoms with Crippen molar-refractivity contribution in [3.05, 3.63) is 51.4 Å². The van der Waals surface area contributed by atoms with Crippen LogP contribution in [0.25, 0.3) is 16.9 Å². The first-order chi connectivity index (χ1) is 16.1. The highest BCUT2D eigenvalue weighted by Gasteiger charge is 2.73.